The van der Waals surface area contributed by atoms with E-state index in [-0.39, 0.29) is 0 Å². The molecular formula is C14H25BrO. The summed E-state index contributed by atoms with van der Waals surface area (Å²) in [5.41, 5.74) is 0.456. The fourth-order valence-corrected chi connectivity index (χ4v) is 4.14. The molecule has 16 heavy (non-hydrogen) atoms. The minimum atomic E-state index is 0.456. The van der Waals surface area contributed by atoms with E-state index in [2.05, 4.69) is 29.8 Å². The number of hydrogen-bond donors (Lipinski definition) is 0. The van der Waals surface area contributed by atoms with Crippen LogP contribution in [0.5, 0.6) is 0 Å². The summed E-state index contributed by atoms with van der Waals surface area (Å²) in [6.07, 6.45) is 8.66. The SMILES string of the molecule is CCC(CC)CC1(CBr)CCOC1C1CC1. The average molecular weight is 289 g/mol. The second kappa shape index (κ2) is 5.39. The molecule has 0 spiro atoms. The van der Waals surface area contributed by atoms with Crippen LogP contribution in [0.25, 0.3) is 0 Å². The average Bonchev–Trinajstić information content (AvgIpc) is 3.08. The first-order chi connectivity index (χ1) is 7.75. The summed E-state index contributed by atoms with van der Waals surface area (Å²) in [5.74, 6) is 1.77. The molecule has 1 aliphatic heterocycles. The summed E-state index contributed by atoms with van der Waals surface area (Å²) in [6.45, 7) is 5.66. The van der Waals surface area contributed by atoms with E-state index >= 15 is 0 Å². The van der Waals surface area contributed by atoms with E-state index in [0.29, 0.717) is 11.5 Å². The number of halogens is 1. The molecule has 0 amide bonds. The molecule has 0 N–H and O–H groups in total. The highest BCUT2D eigenvalue weighted by atomic mass is 79.9. The molecule has 2 fully saturated rings. The first-order valence-corrected chi connectivity index (χ1v) is 8.05. The molecule has 2 rings (SSSR count). The van der Waals surface area contributed by atoms with Gasteiger partial charge in [-0.25, -0.2) is 0 Å². The molecule has 0 bridgehead atoms. The first kappa shape index (κ1) is 12.9. The Morgan fingerprint density at radius 2 is 2.00 bits per heavy atom. The summed E-state index contributed by atoms with van der Waals surface area (Å²) in [7, 11) is 0. The van der Waals surface area contributed by atoms with Crippen molar-refractivity contribution in [2.24, 2.45) is 17.3 Å². The molecule has 2 heteroatoms. The van der Waals surface area contributed by atoms with Gasteiger partial charge in [0, 0.05) is 17.4 Å². The molecule has 1 saturated carbocycles. The zero-order valence-electron chi connectivity index (χ0n) is 10.7. The summed E-state index contributed by atoms with van der Waals surface area (Å²) >= 11 is 3.78. The lowest BCUT2D eigenvalue weighted by atomic mass is 9.73. The molecule has 0 aromatic carbocycles. The minimum Gasteiger partial charge on any atom is -0.377 e. The summed E-state index contributed by atoms with van der Waals surface area (Å²) in [5, 5.41) is 1.14. The Bertz CT molecular complexity index is 223. The van der Waals surface area contributed by atoms with Crippen molar-refractivity contribution in [3.8, 4) is 0 Å². The second-order valence-electron chi connectivity index (χ2n) is 5.76. The zero-order chi connectivity index (χ0) is 11.6. The molecule has 0 radical (unpaired) electrons. The van der Waals surface area contributed by atoms with Crippen LogP contribution in [-0.2, 0) is 4.74 Å². The summed E-state index contributed by atoms with van der Waals surface area (Å²) in [6, 6.07) is 0. The van der Waals surface area contributed by atoms with Crippen molar-refractivity contribution < 1.29 is 4.74 Å². The van der Waals surface area contributed by atoms with Crippen LogP contribution in [0.3, 0.4) is 0 Å². The number of alkyl halides is 1. The summed E-state index contributed by atoms with van der Waals surface area (Å²) < 4.78 is 6.04. The van der Waals surface area contributed by atoms with Crippen LogP contribution in [-0.4, -0.2) is 18.0 Å². The third kappa shape index (κ3) is 2.48. The normalized spacial score (nSPS) is 34.9. The Labute approximate surface area is 108 Å². The topological polar surface area (TPSA) is 9.23 Å². The van der Waals surface area contributed by atoms with Crippen molar-refractivity contribution in [1.29, 1.82) is 0 Å². The van der Waals surface area contributed by atoms with Gasteiger partial charge in [-0.3, -0.25) is 0 Å². The van der Waals surface area contributed by atoms with Crippen molar-refractivity contribution >= 4 is 15.9 Å². The van der Waals surface area contributed by atoms with Crippen LogP contribution in [0.4, 0.5) is 0 Å². The molecule has 1 aliphatic carbocycles. The van der Waals surface area contributed by atoms with E-state index in [1.165, 1.54) is 38.5 Å². The van der Waals surface area contributed by atoms with Gasteiger partial charge in [-0.15, -0.1) is 0 Å². The number of hydrogen-bond acceptors (Lipinski definition) is 1. The first-order valence-electron chi connectivity index (χ1n) is 6.93. The molecular weight excluding hydrogens is 264 g/mol. The van der Waals surface area contributed by atoms with Crippen LogP contribution in [0.1, 0.15) is 52.4 Å². The van der Waals surface area contributed by atoms with Gasteiger partial charge in [-0.1, -0.05) is 42.6 Å². The van der Waals surface area contributed by atoms with Crippen molar-refractivity contribution in [3.63, 3.8) is 0 Å². The van der Waals surface area contributed by atoms with Gasteiger partial charge in [-0.2, -0.15) is 0 Å². The number of ether oxygens (including phenoxy) is 1. The molecule has 2 aliphatic rings. The Hall–Kier alpha value is 0.440. The van der Waals surface area contributed by atoms with E-state index in [1.54, 1.807) is 0 Å². The molecule has 2 atom stereocenters. The monoisotopic (exact) mass is 288 g/mol. The highest BCUT2D eigenvalue weighted by molar-refractivity contribution is 9.09. The zero-order valence-corrected chi connectivity index (χ0v) is 12.3. The lowest BCUT2D eigenvalue weighted by Crippen LogP contribution is -2.36. The highest BCUT2D eigenvalue weighted by Crippen LogP contribution is 2.52. The molecule has 0 aromatic heterocycles. The predicted octanol–water partition coefficient (Wildman–Crippen LogP) is 4.39. The maximum Gasteiger partial charge on any atom is 0.0668 e. The lowest BCUT2D eigenvalue weighted by molar-refractivity contribution is 0.0297. The van der Waals surface area contributed by atoms with Crippen LogP contribution in [0.15, 0.2) is 0 Å². The van der Waals surface area contributed by atoms with Gasteiger partial charge in [-0.05, 0) is 37.5 Å². The molecule has 1 saturated heterocycles. The van der Waals surface area contributed by atoms with Crippen molar-refractivity contribution in [1.82, 2.24) is 0 Å². The van der Waals surface area contributed by atoms with Gasteiger partial charge >= 0.3 is 0 Å². The van der Waals surface area contributed by atoms with Gasteiger partial charge in [0.1, 0.15) is 0 Å². The highest BCUT2D eigenvalue weighted by Gasteiger charge is 2.50. The minimum absolute atomic E-state index is 0.456. The van der Waals surface area contributed by atoms with Crippen LogP contribution in [0.2, 0.25) is 0 Å². The van der Waals surface area contributed by atoms with Gasteiger partial charge in [0.05, 0.1) is 6.10 Å². The fourth-order valence-electron chi connectivity index (χ4n) is 3.31. The Morgan fingerprint density at radius 3 is 2.50 bits per heavy atom. The number of rotatable bonds is 6. The van der Waals surface area contributed by atoms with E-state index in [0.717, 1.165) is 23.8 Å². The van der Waals surface area contributed by atoms with Crippen LogP contribution >= 0.6 is 15.9 Å². The van der Waals surface area contributed by atoms with Crippen LogP contribution in [0, 0.1) is 17.3 Å². The van der Waals surface area contributed by atoms with Crippen molar-refractivity contribution in [3.05, 3.63) is 0 Å². The molecule has 0 aromatic rings. The third-order valence-electron chi connectivity index (χ3n) is 4.67. The molecule has 1 heterocycles. The Kier molecular flexibility index (Phi) is 4.34. The van der Waals surface area contributed by atoms with E-state index in [9.17, 15) is 0 Å². The van der Waals surface area contributed by atoms with Gasteiger partial charge in [0.25, 0.3) is 0 Å². The van der Waals surface area contributed by atoms with Crippen molar-refractivity contribution in [2.75, 3.05) is 11.9 Å². The quantitative estimate of drug-likeness (QED) is 0.659. The lowest BCUT2D eigenvalue weighted by Gasteiger charge is -2.35. The molecule has 94 valence electrons. The third-order valence-corrected chi connectivity index (χ3v) is 5.78. The van der Waals surface area contributed by atoms with Gasteiger partial charge in [0.2, 0.25) is 0 Å². The van der Waals surface area contributed by atoms with E-state index in [1.807, 2.05) is 0 Å². The maximum atomic E-state index is 6.04. The fraction of sp³-hybridized carbons (Fsp3) is 1.00. The Morgan fingerprint density at radius 1 is 1.31 bits per heavy atom. The standard InChI is InChI=1S/C14H25BrO/c1-3-11(4-2)9-14(10-15)7-8-16-13(14)12-5-6-12/h11-13H,3-10H2,1-2H3. The van der Waals surface area contributed by atoms with Crippen LogP contribution < -0.4 is 0 Å². The molecule has 2 unspecified atom stereocenters. The van der Waals surface area contributed by atoms with E-state index in [4.69, 9.17) is 4.74 Å². The largest absolute Gasteiger partial charge is 0.377 e. The van der Waals surface area contributed by atoms with Crippen molar-refractivity contribution in [2.45, 2.75) is 58.5 Å². The smallest absolute Gasteiger partial charge is 0.0668 e. The van der Waals surface area contributed by atoms with E-state index < -0.39 is 0 Å². The predicted molar refractivity (Wildman–Crippen MR) is 72.0 cm³/mol. The molecule has 1 nitrogen and oxygen atoms in total. The second-order valence-corrected chi connectivity index (χ2v) is 6.32. The van der Waals surface area contributed by atoms with Gasteiger partial charge in [0.15, 0.2) is 0 Å². The van der Waals surface area contributed by atoms with Gasteiger partial charge < -0.3 is 4.74 Å². The summed E-state index contributed by atoms with van der Waals surface area (Å²) in [4.78, 5) is 0. The maximum absolute atomic E-state index is 6.04. The Balaban J connectivity index is 2.04.